The number of aromatic nitrogens is 1. The van der Waals surface area contributed by atoms with Gasteiger partial charge in [-0.25, -0.2) is 4.98 Å². The van der Waals surface area contributed by atoms with Crippen molar-refractivity contribution in [2.75, 3.05) is 19.3 Å². The summed E-state index contributed by atoms with van der Waals surface area (Å²) < 4.78 is 0. The normalized spacial score (nSPS) is 11.3. The molecular formula is C10H16N4O2S2. The first-order chi connectivity index (χ1) is 8.61. The van der Waals surface area contributed by atoms with Gasteiger partial charge in [0.2, 0.25) is 0 Å². The molecule has 6 nitrogen and oxygen atoms in total. The summed E-state index contributed by atoms with van der Waals surface area (Å²) >= 11 is 3.40. The molecule has 0 atom stereocenters. The Bertz CT molecular complexity index is 420. The third-order valence-electron chi connectivity index (χ3n) is 1.98. The van der Waals surface area contributed by atoms with E-state index in [0.29, 0.717) is 12.4 Å². The fourth-order valence-electron chi connectivity index (χ4n) is 1.21. The maximum atomic E-state index is 10.3. The van der Waals surface area contributed by atoms with E-state index in [1.807, 2.05) is 6.92 Å². The van der Waals surface area contributed by atoms with Gasteiger partial charge in [-0.3, -0.25) is 10.1 Å². The van der Waals surface area contributed by atoms with E-state index in [1.54, 1.807) is 30.1 Å². The number of nitrogens with one attached hydrogen (secondary N) is 2. The predicted molar refractivity (Wildman–Crippen MR) is 75.2 cm³/mol. The fraction of sp³-hybridized carbons (Fsp3) is 0.500. The van der Waals surface area contributed by atoms with Crippen LogP contribution in [0.4, 0.5) is 0 Å². The van der Waals surface area contributed by atoms with Gasteiger partial charge >= 0.3 is 0 Å². The van der Waals surface area contributed by atoms with Crippen LogP contribution < -0.4 is 10.6 Å². The number of hydrogen-bond acceptors (Lipinski definition) is 7. The summed E-state index contributed by atoms with van der Waals surface area (Å²) in [5.41, 5.74) is 1.09. The molecule has 100 valence electrons. The van der Waals surface area contributed by atoms with Crippen LogP contribution >= 0.6 is 23.1 Å². The summed E-state index contributed by atoms with van der Waals surface area (Å²) in [6, 6.07) is 0. The standard InChI is InChI=1S/C10H16N4O2S2/c1-8-13-9(7-18-8)6-17-4-3-12-10(11-2)5-14(15)16/h5,7,11-12H,3-4,6H2,1-2H3/b10-5-. The molecule has 0 saturated carbocycles. The molecule has 0 bridgehead atoms. The van der Waals surface area contributed by atoms with Crippen LogP contribution in [0.25, 0.3) is 0 Å². The van der Waals surface area contributed by atoms with Crippen LogP contribution in [-0.4, -0.2) is 29.3 Å². The van der Waals surface area contributed by atoms with Crippen molar-refractivity contribution in [2.24, 2.45) is 0 Å². The second-order valence-corrected chi connectivity index (χ2v) is 5.58. The summed E-state index contributed by atoms with van der Waals surface area (Å²) in [6.07, 6.45) is 0.925. The predicted octanol–water partition coefficient (Wildman–Crippen LogP) is 1.57. The zero-order valence-corrected chi connectivity index (χ0v) is 11.9. The van der Waals surface area contributed by atoms with E-state index in [4.69, 9.17) is 0 Å². The molecular weight excluding hydrogens is 272 g/mol. The van der Waals surface area contributed by atoms with Crippen LogP contribution in [0, 0.1) is 17.0 Å². The number of thiazole rings is 1. The zero-order chi connectivity index (χ0) is 13.4. The van der Waals surface area contributed by atoms with Crippen molar-refractivity contribution in [1.82, 2.24) is 15.6 Å². The van der Waals surface area contributed by atoms with Gasteiger partial charge in [-0.15, -0.1) is 11.3 Å². The first-order valence-electron chi connectivity index (χ1n) is 5.37. The smallest absolute Gasteiger partial charge is 0.274 e. The van der Waals surface area contributed by atoms with E-state index in [9.17, 15) is 10.1 Å². The second kappa shape index (κ2) is 7.93. The summed E-state index contributed by atoms with van der Waals surface area (Å²) in [7, 11) is 1.65. The molecule has 1 heterocycles. The third kappa shape index (κ3) is 5.87. The quantitative estimate of drug-likeness (QED) is 0.429. The van der Waals surface area contributed by atoms with E-state index >= 15 is 0 Å². The van der Waals surface area contributed by atoms with E-state index in [-0.39, 0.29) is 0 Å². The largest absolute Gasteiger partial charge is 0.370 e. The molecule has 0 amide bonds. The van der Waals surface area contributed by atoms with Gasteiger partial charge in [0.25, 0.3) is 6.20 Å². The van der Waals surface area contributed by atoms with Gasteiger partial charge in [0.15, 0.2) is 5.82 Å². The van der Waals surface area contributed by atoms with E-state index in [0.717, 1.165) is 28.4 Å². The summed E-state index contributed by atoms with van der Waals surface area (Å²) in [6.45, 7) is 2.66. The molecule has 0 saturated heterocycles. The summed E-state index contributed by atoms with van der Waals surface area (Å²) in [5, 5.41) is 19.1. The first-order valence-corrected chi connectivity index (χ1v) is 7.41. The number of rotatable bonds is 8. The molecule has 2 N–H and O–H groups in total. The second-order valence-electron chi connectivity index (χ2n) is 3.42. The van der Waals surface area contributed by atoms with Crippen LogP contribution in [0.1, 0.15) is 10.7 Å². The minimum atomic E-state index is -0.482. The highest BCUT2D eigenvalue weighted by molar-refractivity contribution is 7.98. The SMILES string of the molecule is CN/C(=C/[N+](=O)[O-])NCCSCc1csc(C)n1. The van der Waals surface area contributed by atoms with Crippen molar-refractivity contribution in [3.63, 3.8) is 0 Å². The Kier molecular flexibility index (Phi) is 6.51. The number of nitro groups is 1. The van der Waals surface area contributed by atoms with Crippen LogP contribution in [0.3, 0.4) is 0 Å². The van der Waals surface area contributed by atoms with E-state index in [2.05, 4.69) is 21.0 Å². The lowest BCUT2D eigenvalue weighted by Crippen LogP contribution is -2.26. The number of hydrogen-bond donors (Lipinski definition) is 2. The Labute approximate surface area is 114 Å². The van der Waals surface area contributed by atoms with Gasteiger partial charge in [-0.2, -0.15) is 11.8 Å². The highest BCUT2D eigenvalue weighted by Gasteiger charge is 2.00. The first kappa shape index (κ1) is 14.8. The van der Waals surface area contributed by atoms with Crippen molar-refractivity contribution in [3.05, 3.63) is 38.2 Å². The third-order valence-corrected chi connectivity index (χ3v) is 3.80. The van der Waals surface area contributed by atoms with E-state index in [1.165, 1.54) is 0 Å². The maximum Gasteiger partial charge on any atom is 0.274 e. The van der Waals surface area contributed by atoms with Crippen molar-refractivity contribution in [2.45, 2.75) is 12.7 Å². The van der Waals surface area contributed by atoms with Crippen molar-refractivity contribution in [3.8, 4) is 0 Å². The molecule has 1 aromatic rings. The molecule has 0 aromatic carbocycles. The van der Waals surface area contributed by atoms with Gasteiger partial charge in [0.1, 0.15) is 0 Å². The van der Waals surface area contributed by atoms with Crippen LogP contribution in [0.2, 0.25) is 0 Å². The van der Waals surface area contributed by atoms with Crippen LogP contribution in [-0.2, 0) is 5.75 Å². The monoisotopic (exact) mass is 288 g/mol. The lowest BCUT2D eigenvalue weighted by molar-refractivity contribution is -0.404. The fourth-order valence-corrected chi connectivity index (χ4v) is 2.68. The highest BCUT2D eigenvalue weighted by Crippen LogP contribution is 2.14. The molecule has 0 fully saturated rings. The Morgan fingerprint density at radius 2 is 2.50 bits per heavy atom. The Balaban J connectivity index is 2.16. The molecule has 0 aliphatic carbocycles. The highest BCUT2D eigenvalue weighted by atomic mass is 32.2. The molecule has 0 aliphatic heterocycles. The molecule has 1 aromatic heterocycles. The van der Waals surface area contributed by atoms with Crippen LogP contribution in [0.15, 0.2) is 17.4 Å². The lowest BCUT2D eigenvalue weighted by atomic mass is 10.6. The number of nitrogens with zero attached hydrogens (tertiary/aromatic N) is 2. The van der Waals surface area contributed by atoms with Gasteiger partial charge in [-0.1, -0.05) is 0 Å². The summed E-state index contributed by atoms with van der Waals surface area (Å²) in [4.78, 5) is 14.2. The minimum absolute atomic E-state index is 0.421. The van der Waals surface area contributed by atoms with Crippen LogP contribution in [0.5, 0.6) is 0 Å². The maximum absolute atomic E-state index is 10.3. The van der Waals surface area contributed by atoms with Gasteiger partial charge < -0.3 is 10.6 Å². The average Bonchev–Trinajstić information content (AvgIpc) is 2.72. The number of thioether (sulfide) groups is 1. The lowest BCUT2D eigenvalue weighted by Gasteiger charge is -2.06. The van der Waals surface area contributed by atoms with Gasteiger partial charge in [0, 0.05) is 30.5 Å². The molecule has 0 aliphatic rings. The summed E-state index contributed by atoms with van der Waals surface area (Å²) in [5.74, 6) is 2.16. The Morgan fingerprint density at radius 1 is 1.72 bits per heavy atom. The topological polar surface area (TPSA) is 80.1 Å². The molecule has 8 heteroatoms. The van der Waals surface area contributed by atoms with E-state index < -0.39 is 4.92 Å². The van der Waals surface area contributed by atoms with Gasteiger partial charge in [0.05, 0.1) is 15.6 Å². The molecule has 0 spiro atoms. The van der Waals surface area contributed by atoms with Crippen molar-refractivity contribution < 1.29 is 4.92 Å². The van der Waals surface area contributed by atoms with Gasteiger partial charge in [-0.05, 0) is 6.92 Å². The van der Waals surface area contributed by atoms with Crippen molar-refractivity contribution in [1.29, 1.82) is 0 Å². The zero-order valence-electron chi connectivity index (χ0n) is 10.3. The Morgan fingerprint density at radius 3 is 3.06 bits per heavy atom. The molecule has 18 heavy (non-hydrogen) atoms. The average molecular weight is 288 g/mol. The molecule has 0 radical (unpaired) electrons. The molecule has 0 unspecified atom stereocenters. The molecule has 1 rings (SSSR count). The minimum Gasteiger partial charge on any atom is -0.370 e. The number of aryl methyl sites for hydroxylation is 1. The van der Waals surface area contributed by atoms with Crippen molar-refractivity contribution >= 4 is 23.1 Å². The Hall–Kier alpha value is -1.28.